The van der Waals surface area contributed by atoms with Gasteiger partial charge in [0.1, 0.15) is 0 Å². The van der Waals surface area contributed by atoms with Gasteiger partial charge in [0.05, 0.1) is 41.3 Å². The molecule has 1 aliphatic heterocycles. The summed E-state index contributed by atoms with van der Waals surface area (Å²) >= 11 is 6.34. The van der Waals surface area contributed by atoms with E-state index < -0.39 is 6.04 Å². The van der Waals surface area contributed by atoms with E-state index in [4.69, 9.17) is 11.6 Å². The Morgan fingerprint density at radius 3 is 2.67 bits per heavy atom. The molecular formula is C34H32ClN7O3. The summed E-state index contributed by atoms with van der Waals surface area (Å²) in [6.45, 7) is 2.25. The van der Waals surface area contributed by atoms with Gasteiger partial charge in [-0.3, -0.25) is 28.6 Å². The van der Waals surface area contributed by atoms with E-state index >= 15 is 0 Å². The minimum Gasteiger partial charge on any atom is -0.348 e. The Bertz CT molecular complexity index is 1940. The number of aromatic nitrogens is 5. The van der Waals surface area contributed by atoms with Crippen LogP contribution in [0.4, 0.5) is 5.69 Å². The normalized spacial score (nSPS) is 16.6. The molecule has 2 atom stereocenters. The molecule has 0 aliphatic carbocycles. The van der Waals surface area contributed by atoms with E-state index in [0.29, 0.717) is 59.0 Å². The van der Waals surface area contributed by atoms with Crippen molar-refractivity contribution in [1.82, 2.24) is 29.6 Å². The lowest BCUT2D eigenvalue weighted by molar-refractivity contribution is -0.119. The van der Waals surface area contributed by atoms with Gasteiger partial charge in [0.15, 0.2) is 0 Å². The fourth-order valence-electron chi connectivity index (χ4n) is 5.67. The number of amides is 2. The molecule has 0 unspecified atom stereocenters. The number of anilines is 1. The number of hydrogen-bond donors (Lipinski definition) is 2. The molecule has 11 heteroatoms. The third-order valence-electron chi connectivity index (χ3n) is 8.12. The third-order valence-corrected chi connectivity index (χ3v) is 8.36. The summed E-state index contributed by atoms with van der Waals surface area (Å²) in [4.78, 5) is 49.3. The van der Waals surface area contributed by atoms with Crippen LogP contribution in [0, 0.1) is 5.92 Å². The van der Waals surface area contributed by atoms with Crippen LogP contribution < -0.4 is 16.2 Å². The van der Waals surface area contributed by atoms with Gasteiger partial charge in [-0.15, -0.1) is 0 Å². The monoisotopic (exact) mass is 621 g/mol. The number of hydrogen-bond acceptors (Lipinski definition) is 6. The summed E-state index contributed by atoms with van der Waals surface area (Å²) < 4.78 is 3.28. The summed E-state index contributed by atoms with van der Waals surface area (Å²) in [7, 11) is 1.82. The molecule has 5 aromatic rings. The molecule has 45 heavy (non-hydrogen) atoms. The number of nitrogens with one attached hydrogen (secondary N) is 2. The first-order valence-corrected chi connectivity index (χ1v) is 15.2. The van der Waals surface area contributed by atoms with Gasteiger partial charge in [0.2, 0.25) is 5.91 Å². The lowest BCUT2D eigenvalue weighted by Gasteiger charge is -2.22. The molecule has 2 aromatic carbocycles. The van der Waals surface area contributed by atoms with Gasteiger partial charge < -0.3 is 10.6 Å². The fourth-order valence-corrected chi connectivity index (χ4v) is 5.85. The first-order chi connectivity index (χ1) is 21.8. The second-order valence-corrected chi connectivity index (χ2v) is 11.7. The molecule has 2 amide bonds. The van der Waals surface area contributed by atoms with Crippen LogP contribution in [-0.4, -0.2) is 36.1 Å². The number of aryl methyl sites for hydroxylation is 1. The zero-order valence-electron chi connectivity index (χ0n) is 24.9. The van der Waals surface area contributed by atoms with Crippen molar-refractivity contribution in [3.8, 4) is 22.5 Å². The average molecular weight is 622 g/mol. The molecule has 3 aromatic heterocycles. The van der Waals surface area contributed by atoms with Crippen molar-refractivity contribution in [3.05, 3.63) is 118 Å². The van der Waals surface area contributed by atoms with Crippen LogP contribution in [0.3, 0.4) is 0 Å². The number of rotatable bonds is 5. The van der Waals surface area contributed by atoms with Gasteiger partial charge in [-0.25, -0.2) is 4.98 Å². The van der Waals surface area contributed by atoms with E-state index in [9.17, 15) is 14.4 Å². The van der Waals surface area contributed by atoms with Crippen LogP contribution in [0.15, 0.2) is 90.2 Å². The molecule has 0 spiro atoms. The molecule has 2 N–H and O–H groups in total. The van der Waals surface area contributed by atoms with Crippen molar-refractivity contribution < 1.29 is 9.59 Å². The number of halogens is 1. The third kappa shape index (κ3) is 6.41. The van der Waals surface area contributed by atoms with Gasteiger partial charge in [0, 0.05) is 53.5 Å². The Labute approximate surface area is 265 Å². The lowest BCUT2D eigenvalue weighted by Crippen LogP contribution is -2.27. The highest BCUT2D eigenvalue weighted by Gasteiger charge is 2.24. The van der Waals surface area contributed by atoms with E-state index in [-0.39, 0.29) is 23.3 Å². The first-order valence-electron chi connectivity index (χ1n) is 14.8. The van der Waals surface area contributed by atoms with Crippen LogP contribution in [-0.2, 0) is 18.4 Å². The highest BCUT2D eigenvalue weighted by molar-refractivity contribution is 6.31. The molecular weight excluding hydrogens is 590 g/mol. The topological polar surface area (TPSA) is 124 Å². The van der Waals surface area contributed by atoms with Crippen LogP contribution >= 0.6 is 11.6 Å². The summed E-state index contributed by atoms with van der Waals surface area (Å²) in [5.74, 6) is -0.621. The predicted octanol–water partition coefficient (Wildman–Crippen LogP) is 5.64. The van der Waals surface area contributed by atoms with Gasteiger partial charge in [-0.1, -0.05) is 55.3 Å². The van der Waals surface area contributed by atoms with Crippen LogP contribution in [0.5, 0.6) is 0 Å². The summed E-state index contributed by atoms with van der Waals surface area (Å²) in [5.41, 5.74) is 4.70. The maximum atomic E-state index is 13.8. The van der Waals surface area contributed by atoms with E-state index in [1.165, 1.54) is 12.4 Å². The maximum Gasteiger partial charge on any atom is 0.254 e. The number of benzene rings is 2. The van der Waals surface area contributed by atoms with E-state index in [1.807, 2.05) is 56.4 Å². The van der Waals surface area contributed by atoms with Crippen molar-refractivity contribution in [1.29, 1.82) is 0 Å². The van der Waals surface area contributed by atoms with Crippen LogP contribution in [0.2, 0.25) is 5.02 Å². The Morgan fingerprint density at radius 1 is 1.04 bits per heavy atom. The quantitative estimate of drug-likeness (QED) is 0.262. The van der Waals surface area contributed by atoms with Crippen molar-refractivity contribution in [3.63, 3.8) is 0 Å². The molecule has 10 nitrogen and oxygen atoms in total. The molecule has 228 valence electrons. The summed E-state index contributed by atoms with van der Waals surface area (Å²) in [6.07, 6.45) is 6.71. The van der Waals surface area contributed by atoms with Gasteiger partial charge in [-0.05, 0) is 48.7 Å². The Morgan fingerprint density at radius 2 is 1.87 bits per heavy atom. The van der Waals surface area contributed by atoms with Crippen molar-refractivity contribution in [2.75, 3.05) is 5.32 Å². The molecule has 0 saturated carbocycles. The second-order valence-electron chi connectivity index (χ2n) is 11.2. The number of carbonyl (C=O) groups is 2. The largest absolute Gasteiger partial charge is 0.348 e. The minimum atomic E-state index is -0.432. The molecule has 0 saturated heterocycles. The van der Waals surface area contributed by atoms with E-state index in [0.717, 1.165) is 16.8 Å². The number of fused-ring (bicyclic) bond motifs is 4. The van der Waals surface area contributed by atoms with E-state index in [2.05, 4.69) is 25.7 Å². The molecule has 6 rings (SSSR count). The Hall–Kier alpha value is -5.09. The van der Waals surface area contributed by atoms with Gasteiger partial charge >= 0.3 is 0 Å². The average Bonchev–Trinajstić information content (AvgIpc) is 3.41. The van der Waals surface area contributed by atoms with Gasteiger partial charge in [0.25, 0.3) is 11.5 Å². The highest BCUT2D eigenvalue weighted by atomic mass is 35.5. The standard InChI is InChI=1S/C34H32ClN7O3/c1-21-7-6-10-30(28-15-23(13-14-36-28)32-29(40-33(21)44)19-39-41(32)2)42-20-38-27(17-31(42)43)26-16-24(35)11-12-25(26)34(45)37-18-22-8-4-3-5-9-22/h3-5,8-9,11-17,19-21,30H,6-7,10,18H2,1-2H3,(H,37,45)(H,40,44)/t21-,30+/m1/s1. The molecule has 4 heterocycles. The minimum absolute atomic E-state index is 0.0797. The van der Waals surface area contributed by atoms with E-state index in [1.54, 1.807) is 39.8 Å². The number of nitrogens with zero attached hydrogens (tertiary/aromatic N) is 5. The van der Waals surface area contributed by atoms with Crippen molar-refractivity contribution in [2.24, 2.45) is 13.0 Å². The Balaban J connectivity index is 1.36. The predicted molar refractivity (Wildman–Crippen MR) is 173 cm³/mol. The summed E-state index contributed by atoms with van der Waals surface area (Å²) in [5, 5.41) is 10.7. The molecule has 0 fully saturated rings. The molecule has 0 radical (unpaired) electrons. The van der Waals surface area contributed by atoms with Crippen LogP contribution in [0.1, 0.15) is 53.8 Å². The van der Waals surface area contributed by atoms with Crippen LogP contribution in [0.25, 0.3) is 22.5 Å². The molecule has 2 bridgehead atoms. The number of pyridine rings is 1. The Kier molecular flexibility index (Phi) is 8.57. The molecule has 1 aliphatic rings. The lowest BCUT2D eigenvalue weighted by atomic mass is 9.97. The SMILES string of the molecule is C[C@@H]1CCC[C@H](n2cnc(-c3cc(Cl)ccc3C(=O)NCc3ccccc3)cc2=O)c2cc(ccn2)-c2c(cnn2C)NC1=O. The highest BCUT2D eigenvalue weighted by Crippen LogP contribution is 2.33. The van der Waals surface area contributed by atoms with Crippen molar-refractivity contribution in [2.45, 2.75) is 38.8 Å². The zero-order valence-corrected chi connectivity index (χ0v) is 25.7. The first kappa shape index (κ1) is 30.0. The van der Waals surface area contributed by atoms with Gasteiger partial charge in [-0.2, -0.15) is 5.10 Å². The fraction of sp³-hybridized carbons (Fsp3) is 0.235. The smallest absolute Gasteiger partial charge is 0.254 e. The van der Waals surface area contributed by atoms with Crippen molar-refractivity contribution >= 4 is 29.1 Å². The second kappa shape index (κ2) is 12.9. The zero-order chi connectivity index (χ0) is 31.5. The summed E-state index contributed by atoms with van der Waals surface area (Å²) in [6, 6.07) is 19.3. The maximum absolute atomic E-state index is 13.8. The number of carbonyl (C=O) groups excluding carboxylic acids is 2.